The van der Waals surface area contributed by atoms with E-state index >= 15 is 0 Å². The van der Waals surface area contributed by atoms with Crippen LogP contribution in [0, 0.1) is 18.6 Å². The van der Waals surface area contributed by atoms with Crippen LogP contribution in [0.5, 0.6) is 0 Å². The molecule has 1 N–H and O–H groups in total. The largest absolute Gasteiger partial charge is 0.355 e. The predicted molar refractivity (Wildman–Crippen MR) is 153 cm³/mol. The molecule has 0 radical (unpaired) electrons. The number of anilines is 2. The number of halogens is 3. The fourth-order valence-corrected chi connectivity index (χ4v) is 4.91. The number of nitrogens with one attached hydrogen (secondary N) is 1. The maximum atomic E-state index is 14.6. The van der Waals surface area contributed by atoms with E-state index in [4.69, 9.17) is 11.6 Å². The second kappa shape index (κ2) is 10.9. The van der Waals surface area contributed by atoms with Crippen molar-refractivity contribution in [3.63, 3.8) is 0 Å². The molecule has 0 aliphatic rings. The van der Waals surface area contributed by atoms with Crippen molar-refractivity contribution in [2.75, 3.05) is 5.32 Å². The van der Waals surface area contributed by atoms with Crippen LogP contribution in [0.4, 0.5) is 20.4 Å². The molecule has 13 nitrogen and oxygen atoms in total. The van der Waals surface area contributed by atoms with E-state index in [1.165, 1.54) is 11.0 Å². The summed E-state index contributed by atoms with van der Waals surface area (Å²) < 4.78 is 35.6. The molecule has 0 aliphatic heterocycles. The third-order valence-electron chi connectivity index (χ3n) is 6.72. The van der Waals surface area contributed by atoms with E-state index in [0.717, 1.165) is 32.2 Å². The molecular formula is C27H24ClF2N11O2. The van der Waals surface area contributed by atoms with Gasteiger partial charge in [-0.25, -0.2) is 27.9 Å². The van der Waals surface area contributed by atoms with Gasteiger partial charge in [-0.1, -0.05) is 11.6 Å². The molecule has 0 fully saturated rings. The summed E-state index contributed by atoms with van der Waals surface area (Å²) >= 11 is 6.52. The second-order valence-corrected chi connectivity index (χ2v) is 10.5. The molecule has 0 spiro atoms. The number of fused-ring (bicyclic) bond motifs is 1. The fourth-order valence-electron chi connectivity index (χ4n) is 4.71. The molecule has 6 aromatic rings. The van der Waals surface area contributed by atoms with Crippen LogP contribution >= 0.6 is 11.6 Å². The Kier molecular flexibility index (Phi) is 7.09. The summed E-state index contributed by atoms with van der Waals surface area (Å²) in [5.41, 5.74) is 0.874. The van der Waals surface area contributed by atoms with Gasteiger partial charge in [-0.2, -0.15) is 20.3 Å². The molecule has 6 rings (SSSR count). The van der Waals surface area contributed by atoms with Crippen LogP contribution in [0.2, 0.25) is 5.02 Å². The minimum Gasteiger partial charge on any atom is -0.324 e. The Morgan fingerprint density at radius 3 is 2.33 bits per heavy atom. The van der Waals surface area contributed by atoms with E-state index in [1.807, 2.05) is 6.92 Å². The Morgan fingerprint density at radius 2 is 1.65 bits per heavy atom. The van der Waals surface area contributed by atoms with Crippen LogP contribution in [0.15, 0.2) is 58.8 Å². The molecule has 0 amide bonds. The van der Waals surface area contributed by atoms with Gasteiger partial charge in [0.25, 0.3) is 0 Å². The highest BCUT2D eigenvalue weighted by Gasteiger charge is 2.20. The zero-order chi connectivity index (χ0) is 30.4. The Balaban J connectivity index is 1.48. The quantitative estimate of drug-likeness (QED) is 0.279. The maximum absolute atomic E-state index is 14.6. The number of hydrogen-bond donors (Lipinski definition) is 1. The van der Waals surface area contributed by atoms with Crippen molar-refractivity contribution in [2.24, 2.45) is 14.1 Å². The van der Waals surface area contributed by atoms with Crippen LogP contribution in [-0.4, -0.2) is 48.4 Å². The van der Waals surface area contributed by atoms with E-state index in [1.54, 1.807) is 54.2 Å². The number of rotatable bonds is 8. The number of aromatic nitrogens is 10. The minimum absolute atomic E-state index is 0.103. The van der Waals surface area contributed by atoms with Gasteiger partial charge in [0.05, 0.1) is 42.1 Å². The lowest BCUT2D eigenvalue weighted by Crippen LogP contribution is -2.43. The van der Waals surface area contributed by atoms with Gasteiger partial charge in [0.2, 0.25) is 5.95 Å². The van der Waals surface area contributed by atoms with Crippen molar-refractivity contribution in [3.05, 3.63) is 109 Å². The normalized spacial score (nSPS) is 11.5. The molecule has 0 aliphatic carbocycles. The topological polar surface area (TPSA) is 135 Å². The highest BCUT2D eigenvalue weighted by molar-refractivity contribution is 6.34. The van der Waals surface area contributed by atoms with E-state index in [-0.39, 0.29) is 42.0 Å². The molecule has 220 valence electrons. The van der Waals surface area contributed by atoms with Crippen molar-refractivity contribution < 1.29 is 8.78 Å². The summed E-state index contributed by atoms with van der Waals surface area (Å²) in [6.07, 6.45) is 6.60. The average Bonchev–Trinajstić information content (AvgIpc) is 3.65. The van der Waals surface area contributed by atoms with Crippen molar-refractivity contribution >= 4 is 34.1 Å². The molecule has 43 heavy (non-hydrogen) atoms. The van der Waals surface area contributed by atoms with E-state index in [9.17, 15) is 18.4 Å². The lowest BCUT2D eigenvalue weighted by Gasteiger charge is -2.18. The number of aryl methyl sites for hydroxylation is 3. The zero-order valence-electron chi connectivity index (χ0n) is 23.2. The number of benzene rings is 2. The zero-order valence-corrected chi connectivity index (χ0v) is 23.9. The van der Waals surface area contributed by atoms with Crippen LogP contribution in [0.3, 0.4) is 0 Å². The second-order valence-electron chi connectivity index (χ2n) is 10.1. The van der Waals surface area contributed by atoms with Gasteiger partial charge in [0, 0.05) is 31.9 Å². The molecule has 4 heterocycles. The van der Waals surface area contributed by atoms with Gasteiger partial charge in [-0.05, 0) is 47.9 Å². The molecule has 0 saturated heterocycles. The summed E-state index contributed by atoms with van der Waals surface area (Å²) in [5.74, 6) is -2.09. The minimum atomic E-state index is -1.10. The van der Waals surface area contributed by atoms with Crippen LogP contribution in [0.25, 0.3) is 10.9 Å². The summed E-state index contributed by atoms with van der Waals surface area (Å²) in [6, 6.07) is 5.42. The molecule has 16 heteroatoms. The predicted octanol–water partition coefficient (Wildman–Crippen LogP) is 2.75. The summed E-state index contributed by atoms with van der Waals surface area (Å²) in [4.78, 5) is 35.3. The Labute approximate surface area is 246 Å². The molecule has 2 aromatic carbocycles. The highest BCUT2D eigenvalue weighted by Crippen LogP contribution is 2.29. The first-order chi connectivity index (χ1) is 20.5. The summed E-state index contributed by atoms with van der Waals surface area (Å²) in [5, 5.41) is 16.7. The maximum Gasteiger partial charge on any atom is 0.355 e. The SMILES string of the molecule is Cc1cnn(Cc2cc(F)c(F)cc2Cn2c(Nc3cc4cn(C)nc4cc3Cl)nc(=O)n(Cc3ncn(C)n3)c2=O)c1. The molecule has 0 saturated carbocycles. The van der Waals surface area contributed by atoms with Gasteiger partial charge in [-0.15, -0.1) is 0 Å². The lowest BCUT2D eigenvalue weighted by molar-refractivity contribution is 0.501. The van der Waals surface area contributed by atoms with Gasteiger partial charge in [-0.3, -0.25) is 18.6 Å². The fraction of sp³-hybridized carbons (Fsp3) is 0.222. The Hall–Kier alpha value is -5.18. The lowest BCUT2D eigenvalue weighted by atomic mass is 10.1. The van der Waals surface area contributed by atoms with Crippen molar-refractivity contribution in [1.29, 1.82) is 0 Å². The van der Waals surface area contributed by atoms with E-state index < -0.39 is 23.0 Å². The standard InChI is InChI=1S/C27H24ClF2N11O2/c1-15-8-32-39(9-15)11-16-4-20(29)21(30)5-17(16)12-40-25(33-23-6-18-10-37(2)35-22(18)7-19(23)28)34-26(42)41(27(40)43)13-24-31-14-38(3)36-24/h4-10,14H,11-13H2,1-3H3,(H,33,34,42). The monoisotopic (exact) mass is 607 g/mol. The smallest absolute Gasteiger partial charge is 0.324 e. The van der Waals surface area contributed by atoms with E-state index in [2.05, 4.69) is 30.6 Å². The molecule has 4 aromatic heterocycles. The number of hydrogen-bond acceptors (Lipinski definition) is 8. The molecule has 0 atom stereocenters. The van der Waals surface area contributed by atoms with Crippen molar-refractivity contribution in [2.45, 2.75) is 26.6 Å². The van der Waals surface area contributed by atoms with Crippen molar-refractivity contribution in [1.82, 2.24) is 48.4 Å². The Bertz CT molecular complexity index is 2130. The average molecular weight is 608 g/mol. The highest BCUT2D eigenvalue weighted by atomic mass is 35.5. The summed E-state index contributed by atoms with van der Waals surface area (Å²) in [7, 11) is 3.41. The third-order valence-corrected chi connectivity index (χ3v) is 7.03. The van der Waals surface area contributed by atoms with Gasteiger partial charge >= 0.3 is 11.4 Å². The Morgan fingerprint density at radius 1 is 0.907 bits per heavy atom. The van der Waals surface area contributed by atoms with Crippen LogP contribution < -0.4 is 16.7 Å². The van der Waals surface area contributed by atoms with Gasteiger partial charge < -0.3 is 5.32 Å². The molecule has 0 unspecified atom stereocenters. The number of nitrogens with zero attached hydrogens (tertiary/aromatic N) is 10. The first-order valence-electron chi connectivity index (χ1n) is 13.0. The molecular weight excluding hydrogens is 584 g/mol. The van der Waals surface area contributed by atoms with Crippen LogP contribution in [0.1, 0.15) is 22.5 Å². The first kappa shape index (κ1) is 28.0. The van der Waals surface area contributed by atoms with Gasteiger partial charge in [0.1, 0.15) is 6.33 Å². The van der Waals surface area contributed by atoms with E-state index in [0.29, 0.717) is 16.8 Å². The first-order valence-corrected chi connectivity index (χ1v) is 13.3. The van der Waals surface area contributed by atoms with Crippen LogP contribution in [-0.2, 0) is 33.7 Å². The third kappa shape index (κ3) is 5.66. The van der Waals surface area contributed by atoms with Gasteiger partial charge in [0.15, 0.2) is 17.5 Å². The summed E-state index contributed by atoms with van der Waals surface area (Å²) in [6.45, 7) is 1.42. The van der Waals surface area contributed by atoms with Crippen molar-refractivity contribution in [3.8, 4) is 0 Å². The molecule has 0 bridgehead atoms.